The summed E-state index contributed by atoms with van der Waals surface area (Å²) in [7, 11) is 0. The Kier molecular flexibility index (Phi) is 3.84. The summed E-state index contributed by atoms with van der Waals surface area (Å²) in [5, 5.41) is 0. The van der Waals surface area contributed by atoms with Crippen LogP contribution in [0.2, 0.25) is 0 Å². The fraction of sp³-hybridized carbons (Fsp3) is 0.692. The summed E-state index contributed by atoms with van der Waals surface area (Å²) in [4.78, 5) is 0. The molecule has 2 N–H and O–H groups in total. The lowest BCUT2D eigenvalue weighted by molar-refractivity contribution is 0.353. The van der Waals surface area contributed by atoms with E-state index in [2.05, 4.69) is 0 Å². The van der Waals surface area contributed by atoms with Crippen LogP contribution in [0.3, 0.4) is 0 Å². The second-order valence-corrected chi connectivity index (χ2v) is 4.70. The molecule has 1 atom stereocenters. The Morgan fingerprint density at radius 1 is 1.27 bits per heavy atom. The Morgan fingerprint density at radius 3 is 2.60 bits per heavy atom. The number of nitrogens with two attached hydrogens (primary N) is 1. The normalized spacial score (nSPS) is 21.1. The Bertz CT molecular complexity index is 260. The molecular weight excluding hydrogens is 186 g/mol. The summed E-state index contributed by atoms with van der Waals surface area (Å²) in [6.07, 6.45) is 10.7. The first-order valence-corrected chi connectivity index (χ1v) is 6.14. The van der Waals surface area contributed by atoms with Crippen molar-refractivity contribution >= 4 is 0 Å². The van der Waals surface area contributed by atoms with E-state index in [1.54, 1.807) is 6.26 Å². The quantitative estimate of drug-likeness (QED) is 0.773. The van der Waals surface area contributed by atoms with E-state index in [9.17, 15) is 0 Å². The Labute approximate surface area is 91.8 Å². The minimum atomic E-state index is 0.286. The van der Waals surface area contributed by atoms with Gasteiger partial charge in [-0.25, -0.2) is 0 Å². The van der Waals surface area contributed by atoms with Gasteiger partial charge in [0, 0.05) is 12.5 Å². The zero-order valence-electron chi connectivity index (χ0n) is 9.32. The lowest BCUT2D eigenvalue weighted by atomic mass is 9.90. The van der Waals surface area contributed by atoms with Crippen LogP contribution in [0.15, 0.2) is 22.8 Å². The fourth-order valence-electron chi connectivity index (χ4n) is 2.57. The summed E-state index contributed by atoms with van der Waals surface area (Å²) in [6, 6.07) is 4.25. The summed E-state index contributed by atoms with van der Waals surface area (Å²) in [5.41, 5.74) is 6.25. The van der Waals surface area contributed by atoms with Gasteiger partial charge in [0.25, 0.3) is 0 Å². The minimum absolute atomic E-state index is 0.286. The molecule has 2 nitrogen and oxygen atoms in total. The van der Waals surface area contributed by atoms with Crippen molar-refractivity contribution in [1.29, 1.82) is 0 Å². The van der Waals surface area contributed by atoms with Crippen LogP contribution in [0.4, 0.5) is 0 Å². The zero-order chi connectivity index (χ0) is 10.5. The van der Waals surface area contributed by atoms with E-state index in [0.717, 1.165) is 12.2 Å². The highest BCUT2D eigenvalue weighted by atomic mass is 16.3. The molecule has 15 heavy (non-hydrogen) atoms. The Balaban J connectivity index is 1.86. The van der Waals surface area contributed by atoms with E-state index in [4.69, 9.17) is 10.2 Å². The molecule has 1 aromatic rings. The van der Waals surface area contributed by atoms with E-state index >= 15 is 0 Å². The highest BCUT2D eigenvalue weighted by molar-refractivity contribution is 5.01. The van der Waals surface area contributed by atoms with Crippen molar-refractivity contribution in [3.63, 3.8) is 0 Å². The Morgan fingerprint density at radius 2 is 2.00 bits per heavy atom. The predicted molar refractivity (Wildman–Crippen MR) is 61.6 cm³/mol. The third-order valence-corrected chi connectivity index (χ3v) is 3.52. The first-order valence-electron chi connectivity index (χ1n) is 6.14. The van der Waals surface area contributed by atoms with Crippen molar-refractivity contribution in [1.82, 2.24) is 0 Å². The fourth-order valence-corrected chi connectivity index (χ4v) is 2.57. The topological polar surface area (TPSA) is 39.2 Å². The molecule has 2 heteroatoms. The SMILES string of the molecule is NC(Cc1ccco1)C1CCCCCC1. The van der Waals surface area contributed by atoms with Crippen LogP contribution >= 0.6 is 0 Å². The second-order valence-electron chi connectivity index (χ2n) is 4.70. The zero-order valence-corrected chi connectivity index (χ0v) is 9.32. The van der Waals surface area contributed by atoms with E-state index in [1.807, 2.05) is 12.1 Å². The number of furan rings is 1. The van der Waals surface area contributed by atoms with Gasteiger partial charge in [0.05, 0.1) is 6.26 Å². The van der Waals surface area contributed by atoms with Gasteiger partial charge in [-0.05, 0) is 30.9 Å². The molecule has 0 aliphatic heterocycles. The molecule has 1 saturated carbocycles. The maximum absolute atomic E-state index is 6.25. The number of hydrogen-bond acceptors (Lipinski definition) is 2. The van der Waals surface area contributed by atoms with Gasteiger partial charge in [-0.3, -0.25) is 0 Å². The van der Waals surface area contributed by atoms with Crippen LogP contribution in [0, 0.1) is 5.92 Å². The largest absolute Gasteiger partial charge is 0.469 e. The summed E-state index contributed by atoms with van der Waals surface area (Å²) < 4.78 is 5.35. The molecule has 1 fully saturated rings. The van der Waals surface area contributed by atoms with Crippen molar-refractivity contribution in [2.45, 2.75) is 51.0 Å². The molecule has 1 aliphatic rings. The second kappa shape index (κ2) is 5.36. The van der Waals surface area contributed by atoms with Crippen molar-refractivity contribution in [2.24, 2.45) is 11.7 Å². The van der Waals surface area contributed by atoms with Crippen molar-refractivity contribution in [3.05, 3.63) is 24.2 Å². The lowest BCUT2D eigenvalue weighted by Crippen LogP contribution is -2.31. The van der Waals surface area contributed by atoms with Gasteiger partial charge >= 0.3 is 0 Å². The van der Waals surface area contributed by atoms with Gasteiger partial charge in [-0.2, -0.15) is 0 Å². The first kappa shape index (κ1) is 10.7. The molecule has 0 saturated heterocycles. The van der Waals surface area contributed by atoms with Gasteiger partial charge in [0.2, 0.25) is 0 Å². The molecule has 1 aliphatic carbocycles. The highest BCUT2D eigenvalue weighted by Gasteiger charge is 2.20. The standard InChI is InChI=1S/C13H21NO/c14-13(10-12-8-5-9-15-12)11-6-3-1-2-4-7-11/h5,8-9,11,13H,1-4,6-7,10,14H2. The lowest BCUT2D eigenvalue weighted by Gasteiger charge is -2.21. The molecule has 0 spiro atoms. The van der Waals surface area contributed by atoms with Gasteiger partial charge in [0.15, 0.2) is 0 Å². The summed E-state index contributed by atoms with van der Waals surface area (Å²) >= 11 is 0. The van der Waals surface area contributed by atoms with E-state index < -0.39 is 0 Å². The van der Waals surface area contributed by atoms with Crippen LogP contribution < -0.4 is 5.73 Å². The average molecular weight is 207 g/mol. The molecule has 1 heterocycles. The van der Waals surface area contributed by atoms with Gasteiger partial charge < -0.3 is 10.2 Å². The van der Waals surface area contributed by atoms with E-state index in [0.29, 0.717) is 5.92 Å². The number of rotatable bonds is 3. The number of hydrogen-bond donors (Lipinski definition) is 1. The molecule has 0 amide bonds. The van der Waals surface area contributed by atoms with Crippen molar-refractivity contribution < 1.29 is 4.42 Å². The molecule has 0 radical (unpaired) electrons. The summed E-state index contributed by atoms with van der Waals surface area (Å²) in [5.74, 6) is 1.74. The molecular formula is C13H21NO. The predicted octanol–water partition coefficient (Wildman–Crippen LogP) is 3.12. The minimum Gasteiger partial charge on any atom is -0.469 e. The molecule has 0 aromatic carbocycles. The average Bonchev–Trinajstić information content (AvgIpc) is 2.58. The van der Waals surface area contributed by atoms with Crippen LogP contribution in [-0.2, 0) is 6.42 Å². The smallest absolute Gasteiger partial charge is 0.105 e. The van der Waals surface area contributed by atoms with E-state index in [1.165, 1.54) is 38.5 Å². The summed E-state index contributed by atoms with van der Waals surface area (Å²) in [6.45, 7) is 0. The monoisotopic (exact) mass is 207 g/mol. The van der Waals surface area contributed by atoms with Gasteiger partial charge in [-0.1, -0.05) is 25.7 Å². The van der Waals surface area contributed by atoms with Gasteiger partial charge in [0.1, 0.15) is 5.76 Å². The highest BCUT2D eigenvalue weighted by Crippen LogP contribution is 2.26. The maximum Gasteiger partial charge on any atom is 0.105 e. The molecule has 1 aromatic heterocycles. The van der Waals surface area contributed by atoms with Gasteiger partial charge in [-0.15, -0.1) is 0 Å². The third-order valence-electron chi connectivity index (χ3n) is 3.52. The van der Waals surface area contributed by atoms with Crippen LogP contribution in [0.5, 0.6) is 0 Å². The molecule has 0 bridgehead atoms. The molecule has 2 rings (SSSR count). The van der Waals surface area contributed by atoms with Crippen molar-refractivity contribution in [2.75, 3.05) is 0 Å². The maximum atomic E-state index is 6.25. The van der Waals surface area contributed by atoms with Crippen LogP contribution in [0.1, 0.15) is 44.3 Å². The van der Waals surface area contributed by atoms with Crippen molar-refractivity contribution in [3.8, 4) is 0 Å². The molecule has 84 valence electrons. The molecule has 1 unspecified atom stereocenters. The first-order chi connectivity index (χ1) is 7.36. The van der Waals surface area contributed by atoms with Crippen LogP contribution in [-0.4, -0.2) is 6.04 Å². The van der Waals surface area contributed by atoms with Crippen LogP contribution in [0.25, 0.3) is 0 Å². The third kappa shape index (κ3) is 3.10. The Hall–Kier alpha value is -0.760. The van der Waals surface area contributed by atoms with E-state index in [-0.39, 0.29) is 6.04 Å².